The Morgan fingerprint density at radius 3 is 2.68 bits per heavy atom. The summed E-state index contributed by atoms with van der Waals surface area (Å²) in [5.41, 5.74) is 1.17. The third-order valence-corrected chi connectivity index (χ3v) is 5.35. The van der Waals surface area contributed by atoms with E-state index in [2.05, 4.69) is 68.1 Å². The summed E-state index contributed by atoms with van der Waals surface area (Å²) in [5.74, 6) is 0.729. The van der Waals surface area contributed by atoms with Gasteiger partial charge in [-0.3, -0.25) is 0 Å². The lowest BCUT2D eigenvalue weighted by molar-refractivity contribution is 0.172. The zero-order valence-electron chi connectivity index (χ0n) is 11.6. The summed E-state index contributed by atoms with van der Waals surface area (Å²) in [6.45, 7) is 8.20. The first-order chi connectivity index (χ1) is 9.11. The molecule has 19 heavy (non-hydrogen) atoms. The van der Waals surface area contributed by atoms with E-state index >= 15 is 0 Å². The van der Waals surface area contributed by atoms with Crippen LogP contribution in [0.1, 0.15) is 26.7 Å². The molecular weight excluding hydrogens is 368 g/mol. The number of likely N-dealkylation sites (tertiary alicyclic amines) is 1. The Labute approximate surface area is 133 Å². The van der Waals surface area contributed by atoms with Crippen LogP contribution in [0.15, 0.2) is 27.1 Å². The van der Waals surface area contributed by atoms with Crippen LogP contribution in [0.2, 0.25) is 0 Å². The van der Waals surface area contributed by atoms with E-state index in [-0.39, 0.29) is 0 Å². The minimum Gasteiger partial charge on any atom is -0.380 e. The molecule has 2 unspecified atom stereocenters. The SMILES string of the molecule is CCN1CCCC(C(C)Nc2c(Br)cccc2Br)C1. The van der Waals surface area contributed by atoms with Crippen LogP contribution in [0.25, 0.3) is 0 Å². The highest BCUT2D eigenvalue weighted by atomic mass is 79.9. The molecule has 0 aliphatic carbocycles. The van der Waals surface area contributed by atoms with Gasteiger partial charge in [0.1, 0.15) is 0 Å². The first-order valence-electron chi connectivity index (χ1n) is 7.04. The molecule has 0 amide bonds. The molecule has 4 heteroatoms. The fraction of sp³-hybridized carbons (Fsp3) is 0.600. The zero-order chi connectivity index (χ0) is 13.8. The van der Waals surface area contributed by atoms with Gasteiger partial charge in [-0.15, -0.1) is 0 Å². The molecule has 1 heterocycles. The molecule has 1 aromatic rings. The van der Waals surface area contributed by atoms with Gasteiger partial charge in [-0.1, -0.05) is 13.0 Å². The van der Waals surface area contributed by atoms with Crippen molar-refractivity contribution in [3.63, 3.8) is 0 Å². The second kappa shape index (κ2) is 7.09. The molecule has 1 aliphatic rings. The summed E-state index contributed by atoms with van der Waals surface area (Å²) >= 11 is 7.24. The van der Waals surface area contributed by atoms with Crippen LogP contribution in [0.5, 0.6) is 0 Å². The number of piperidine rings is 1. The van der Waals surface area contributed by atoms with E-state index < -0.39 is 0 Å². The highest BCUT2D eigenvalue weighted by Crippen LogP contribution is 2.32. The standard InChI is InChI=1S/C15H22Br2N2/c1-3-19-9-5-6-12(10-19)11(2)18-15-13(16)7-4-8-14(15)17/h4,7-8,11-12,18H,3,5-6,9-10H2,1-2H3. The van der Waals surface area contributed by atoms with Crippen molar-refractivity contribution < 1.29 is 0 Å². The number of nitrogens with zero attached hydrogens (tertiary/aromatic N) is 1. The van der Waals surface area contributed by atoms with Crippen molar-refractivity contribution in [2.24, 2.45) is 5.92 Å². The Morgan fingerprint density at radius 2 is 2.05 bits per heavy atom. The van der Waals surface area contributed by atoms with E-state index in [0.717, 1.165) is 14.9 Å². The Morgan fingerprint density at radius 1 is 1.37 bits per heavy atom. The topological polar surface area (TPSA) is 15.3 Å². The molecule has 2 nitrogen and oxygen atoms in total. The van der Waals surface area contributed by atoms with Gasteiger partial charge in [0.05, 0.1) is 5.69 Å². The van der Waals surface area contributed by atoms with E-state index in [1.807, 2.05) is 6.07 Å². The van der Waals surface area contributed by atoms with Crippen LogP contribution in [-0.2, 0) is 0 Å². The molecule has 0 spiro atoms. The number of benzene rings is 1. The number of hydrogen-bond donors (Lipinski definition) is 1. The molecule has 0 saturated carbocycles. The fourth-order valence-corrected chi connectivity index (χ4v) is 4.00. The molecule has 0 aromatic heterocycles. The van der Waals surface area contributed by atoms with Crippen molar-refractivity contribution in [2.45, 2.75) is 32.7 Å². The Kier molecular flexibility index (Phi) is 5.72. The number of halogens is 2. The molecule has 1 saturated heterocycles. The minimum atomic E-state index is 0.490. The minimum absolute atomic E-state index is 0.490. The van der Waals surface area contributed by atoms with Gasteiger partial charge >= 0.3 is 0 Å². The molecular formula is C15H22Br2N2. The Bertz CT molecular complexity index is 402. The molecule has 1 fully saturated rings. The van der Waals surface area contributed by atoms with Gasteiger partial charge < -0.3 is 10.2 Å². The van der Waals surface area contributed by atoms with Crippen LogP contribution >= 0.6 is 31.9 Å². The van der Waals surface area contributed by atoms with Gasteiger partial charge in [-0.2, -0.15) is 0 Å². The monoisotopic (exact) mass is 388 g/mol. The fourth-order valence-electron chi connectivity index (χ4n) is 2.77. The van der Waals surface area contributed by atoms with Crippen LogP contribution < -0.4 is 5.32 Å². The van der Waals surface area contributed by atoms with Gasteiger partial charge in [0.2, 0.25) is 0 Å². The number of hydrogen-bond acceptors (Lipinski definition) is 2. The average molecular weight is 390 g/mol. The first-order valence-corrected chi connectivity index (χ1v) is 8.63. The molecule has 106 valence electrons. The van der Waals surface area contributed by atoms with Crippen LogP contribution in [0, 0.1) is 5.92 Å². The van der Waals surface area contributed by atoms with E-state index in [1.165, 1.54) is 38.2 Å². The molecule has 2 rings (SSSR count). The second-order valence-electron chi connectivity index (χ2n) is 5.33. The highest BCUT2D eigenvalue weighted by Gasteiger charge is 2.24. The highest BCUT2D eigenvalue weighted by molar-refractivity contribution is 9.11. The summed E-state index contributed by atoms with van der Waals surface area (Å²) in [6, 6.07) is 6.70. The van der Waals surface area contributed by atoms with Crippen LogP contribution in [0.4, 0.5) is 5.69 Å². The molecule has 1 N–H and O–H groups in total. The lowest BCUT2D eigenvalue weighted by Gasteiger charge is -2.36. The predicted molar refractivity (Wildman–Crippen MR) is 89.8 cm³/mol. The lowest BCUT2D eigenvalue weighted by Crippen LogP contribution is -2.41. The molecule has 1 aromatic carbocycles. The largest absolute Gasteiger partial charge is 0.380 e. The third-order valence-electron chi connectivity index (χ3n) is 4.03. The van der Waals surface area contributed by atoms with Crippen LogP contribution in [0.3, 0.4) is 0 Å². The molecule has 2 atom stereocenters. The summed E-state index contributed by atoms with van der Waals surface area (Å²) < 4.78 is 2.24. The van der Waals surface area contributed by atoms with Gasteiger partial charge in [-0.05, 0) is 82.8 Å². The quantitative estimate of drug-likeness (QED) is 0.799. The maximum Gasteiger partial charge on any atom is 0.0631 e. The van der Waals surface area contributed by atoms with Crippen molar-refractivity contribution in [1.29, 1.82) is 0 Å². The maximum absolute atomic E-state index is 3.67. The molecule has 1 aliphatic heterocycles. The number of nitrogens with one attached hydrogen (secondary N) is 1. The zero-order valence-corrected chi connectivity index (χ0v) is 14.8. The van der Waals surface area contributed by atoms with Gasteiger partial charge in [0, 0.05) is 21.5 Å². The third kappa shape index (κ3) is 3.96. The lowest BCUT2D eigenvalue weighted by atomic mass is 9.91. The average Bonchev–Trinajstić information content (AvgIpc) is 2.43. The van der Waals surface area contributed by atoms with Crippen molar-refractivity contribution >= 4 is 37.5 Å². The van der Waals surface area contributed by atoms with Crippen molar-refractivity contribution in [1.82, 2.24) is 4.90 Å². The summed E-state index contributed by atoms with van der Waals surface area (Å²) in [7, 11) is 0. The van der Waals surface area contributed by atoms with E-state index in [1.54, 1.807) is 0 Å². The van der Waals surface area contributed by atoms with Gasteiger partial charge in [0.15, 0.2) is 0 Å². The van der Waals surface area contributed by atoms with E-state index in [9.17, 15) is 0 Å². The van der Waals surface area contributed by atoms with Crippen LogP contribution in [-0.4, -0.2) is 30.6 Å². The summed E-state index contributed by atoms with van der Waals surface area (Å²) in [6.07, 6.45) is 2.65. The maximum atomic E-state index is 3.67. The predicted octanol–water partition coefficient (Wildman–Crippen LogP) is 4.74. The van der Waals surface area contributed by atoms with Crippen molar-refractivity contribution in [3.8, 4) is 0 Å². The van der Waals surface area contributed by atoms with Gasteiger partial charge in [-0.25, -0.2) is 0 Å². The number of anilines is 1. The second-order valence-corrected chi connectivity index (χ2v) is 7.03. The number of rotatable bonds is 4. The first kappa shape index (κ1) is 15.3. The van der Waals surface area contributed by atoms with Crippen molar-refractivity contribution in [2.75, 3.05) is 25.0 Å². The molecule has 0 bridgehead atoms. The summed E-state index contributed by atoms with van der Waals surface area (Å²) in [5, 5.41) is 3.67. The van der Waals surface area contributed by atoms with E-state index in [4.69, 9.17) is 0 Å². The Balaban J connectivity index is 2.02. The Hall–Kier alpha value is -0.0600. The number of para-hydroxylation sites is 1. The summed E-state index contributed by atoms with van der Waals surface area (Å²) in [4.78, 5) is 2.56. The molecule has 0 radical (unpaired) electrons. The van der Waals surface area contributed by atoms with Crippen molar-refractivity contribution in [3.05, 3.63) is 27.1 Å². The van der Waals surface area contributed by atoms with Gasteiger partial charge in [0.25, 0.3) is 0 Å². The van der Waals surface area contributed by atoms with E-state index in [0.29, 0.717) is 6.04 Å². The normalized spacial score (nSPS) is 22.2. The smallest absolute Gasteiger partial charge is 0.0631 e.